The molecular weight excluding hydrogens is 431 g/mol. The first kappa shape index (κ1) is 25.2. The summed E-state index contributed by atoms with van der Waals surface area (Å²) in [5.41, 5.74) is 3.20. The summed E-state index contributed by atoms with van der Waals surface area (Å²) in [4.78, 5) is 27.4. The molecule has 0 aliphatic heterocycles. The van der Waals surface area contributed by atoms with Gasteiger partial charge in [-0.05, 0) is 61.9 Å². The van der Waals surface area contributed by atoms with Crippen LogP contribution in [0.2, 0.25) is 10.0 Å². The number of benzene rings is 2. The van der Waals surface area contributed by atoms with Crippen LogP contribution in [0.4, 0.5) is 0 Å². The molecular formula is C25H32Cl2N2O2. The normalized spacial score (nSPS) is 12.2. The van der Waals surface area contributed by atoms with E-state index >= 15 is 0 Å². The third-order valence-electron chi connectivity index (χ3n) is 5.21. The highest BCUT2D eigenvalue weighted by Crippen LogP contribution is 2.24. The van der Waals surface area contributed by atoms with Crippen molar-refractivity contribution < 1.29 is 9.59 Å². The van der Waals surface area contributed by atoms with Crippen LogP contribution in [0.1, 0.15) is 63.6 Å². The van der Waals surface area contributed by atoms with Crippen LogP contribution >= 0.6 is 23.2 Å². The largest absolute Gasteiger partial charge is 0.352 e. The second kappa shape index (κ2) is 11.5. The number of rotatable bonds is 9. The fourth-order valence-corrected chi connectivity index (χ4v) is 3.61. The van der Waals surface area contributed by atoms with Gasteiger partial charge in [-0.25, -0.2) is 0 Å². The number of aryl methyl sites for hydroxylation is 1. The van der Waals surface area contributed by atoms with E-state index in [9.17, 15) is 9.59 Å². The van der Waals surface area contributed by atoms with Crippen LogP contribution in [0.15, 0.2) is 42.5 Å². The maximum Gasteiger partial charge on any atom is 0.242 e. The van der Waals surface area contributed by atoms with Crippen LogP contribution in [0.25, 0.3) is 0 Å². The lowest BCUT2D eigenvalue weighted by Crippen LogP contribution is -2.49. The summed E-state index contributed by atoms with van der Waals surface area (Å²) in [7, 11) is 0. The average Bonchev–Trinajstić information content (AvgIpc) is 2.72. The van der Waals surface area contributed by atoms with Gasteiger partial charge in [0.2, 0.25) is 11.8 Å². The Bertz CT molecular complexity index is 895. The van der Waals surface area contributed by atoms with Crippen molar-refractivity contribution in [2.75, 3.05) is 0 Å². The molecule has 0 unspecified atom stereocenters. The summed E-state index contributed by atoms with van der Waals surface area (Å²) in [5.74, 6) is 0.216. The van der Waals surface area contributed by atoms with Gasteiger partial charge < -0.3 is 10.2 Å². The number of halogens is 2. The standard InChI is InChI=1S/C25H32Cl2N2O2/c1-16(2)21-10-6-19(7-11-21)9-13-24(30)29(18(5)25(31)28-17(3)4)15-20-8-12-22(26)23(27)14-20/h6-8,10-12,14,16-18H,9,13,15H2,1-5H3,(H,28,31)/t18-/m1/s1. The molecule has 1 N–H and O–H groups in total. The van der Waals surface area contributed by atoms with Crippen molar-refractivity contribution in [3.8, 4) is 0 Å². The predicted octanol–water partition coefficient (Wildman–Crippen LogP) is 5.99. The van der Waals surface area contributed by atoms with E-state index < -0.39 is 6.04 Å². The van der Waals surface area contributed by atoms with Crippen LogP contribution in [0.3, 0.4) is 0 Å². The first-order valence-corrected chi connectivity index (χ1v) is 11.5. The molecule has 4 nitrogen and oxygen atoms in total. The monoisotopic (exact) mass is 462 g/mol. The molecule has 0 spiro atoms. The van der Waals surface area contributed by atoms with Crippen LogP contribution < -0.4 is 5.32 Å². The molecule has 0 heterocycles. The van der Waals surface area contributed by atoms with Crippen LogP contribution in [0, 0.1) is 0 Å². The van der Waals surface area contributed by atoms with Crippen LogP contribution in [-0.2, 0) is 22.6 Å². The highest BCUT2D eigenvalue weighted by molar-refractivity contribution is 6.42. The van der Waals surface area contributed by atoms with Gasteiger partial charge in [-0.3, -0.25) is 9.59 Å². The van der Waals surface area contributed by atoms with E-state index in [4.69, 9.17) is 23.2 Å². The van der Waals surface area contributed by atoms with Crippen molar-refractivity contribution in [1.29, 1.82) is 0 Å². The van der Waals surface area contributed by atoms with Gasteiger partial charge in [-0.1, -0.05) is 67.4 Å². The number of hydrogen-bond donors (Lipinski definition) is 1. The van der Waals surface area contributed by atoms with Crippen LogP contribution in [-0.4, -0.2) is 28.8 Å². The summed E-state index contributed by atoms with van der Waals surface area (Å²) >= 11 is 12.2. The van der Waals surface area contributed by atoms with Gasteiger partial charge in [0.25, 0.3) is 0 Å². The summed E-state index contributed by atoms with van der Waals surface area (Å²) in [6.07, 6.45) is 0.940. The molecule has 1 atom stereocenters. The van der Waals surface area contributed by atoms with Crippen molar-refractivity contribution in [2.24, 2.45) is 0 Å². The zero-order valence-corrected chi connectivity index (χ0v) is 20.4. The first-order chi connectivity index (χ1) is 14.6. The van der Waals surface area contributed by atoms with Gasteiger partial charge in [-0.2, -0.15) is 0 Å². The van der Waals surface area contributed by atoms with E-state index in [0.29, 0.717) is 28.8 Å². The molecule has 31 heavy (non-hydrogen) atoms. The van der Waals surface area contributed by atoms with Gasteiger partial charge in [0.15, 0.2) is 0 Å². The molecule has 0 aliphatic rings. The lowest BCUT2D eigenvalue weighted by Gasteiger charge is -2.29. The highest BCUT2D eigenvalue weighted by atomic mass is 35.5. The summed E-state index contributed by atoms with van der Waals surface area (Å²) in [6.45, 7) is 10.2. The number of nitrogens with zero attached hydrogens (tertiary/aromatic N) is 1. The Morgan fingerprint density at radius 3 is 2.06 bits per heavy atom. The fourth-order valence-electron chi connectivity index (χ4n) is 3.29. The summed E-state index contributed by atoms with van der Waals surface area (Å²) in [5, 5.41) is 3.78. The lowest BCUT2D eigenvalue weighted by atomic mass is 10.00. The SMILES string of the molecule is CC(C)NC(=O)[C@@H](C)N(Cc1ccc(Cl)c(Cl)c1)C(=O)CCc1ccc(C(C)C)cc1. The minimum absolute atomic E-state index is 0.00338. The molecule has 2 rings (SSSR count). The molecule has 0 bridgehead atoms. The zero-order valence-electron chi connectivity index (χ0n) is 18.9. The minimum atomic E-state index is -0.604. The average molecular weight is 463 g/mol. The second-order valence-electron chi connectivity index (χ2n) is 8.51. The van der Waals surface area contributed by atoms with Gasteiger partial charge in [0.1, 0.15) is 6.04 Å². The molecule has 2 aromatic rings. The van der Waals surface area contributed by atoms with E-state index in [1.54, 1.807) is 24.0 Å². The van der Waals surface area contributed by atoms with Crippen molar-refractivity contribution in [3.05, 3.63) is 69.2 Å². The number of carbonyl (C=O) groups excluding carboxylic acids is 2. The Labute approximate surface area is 195 Å². The molecule has 0 radical (unpaired) electrons. The van der Waals surface area contributed by atoms with Crippen molar-refractivity contribution in [3.63, 3.8) is 0 Å². The third-order valence-corrected chi connectivity index (χ3v) is 5.95. The Morgan fingerprint density at radius 1 is 0.903 bits per heavy atom. The zero-order chi connectivity index (χ0) is 23.1. The Hall–Kier alpha value is -2.04. The highest BCUT2D eigenvalue weighted by Gasteiger charge is 2.26. The molecule has 2 amide bonds. The fraction of sp³-hybridized carbons (Fsp3) is 0.440. The van der Waals surface area contributed by atoms with E-state index in [2.05, 4.69) is 43.4 Å². The smallest absolute Gasteiger partial charge is 0.242 e. The molecule has 6 heteroatoms. The Kier molecular flexibility index (Phi) is 9.39. The van der Waals surface area contributed by atoms with Gasteiger partial charge in [0, 0.05) is 19.0 Å². The van der Waals surface area contributed by atoms with Gasteiger partial charge in [0.05, 0.1) is 10.0 Å². The molecule has 0 fully saturated rings. The Morgan fingerprint density at radius 2 is 1.52 bits per heavy atom. The van der Waals surface area contributed by atoms with E-state index in [1.807, 2.05) is 19.9 Å². The molecule has 0 saturated carbocycles. The van der Waals surface area contributed by atoms with Gasteiger partial charge in [-0.15, -0.1) is 0 Å². The van der Waals surface area contributed by atoms with E-state index in [1.165, 1.54) is 5.56 Å². The van der Waals surface area contributed by atoms with E-state index in [0.717, 1.165) is 11.1 Å². The van der Waals surface area contributed by atoms with Gasteiger partial charge >= 0.3 is 0 Å². The number of hydrogen-bond acceptors (Lipinski definition) is 2. The summed E-state index contributed by atoms with van der Waals surface area (Å²) < 4.78 is 0. The van der Waals surface area contributed by atoms with E-state index in [-0.39, 0.29) is 24.4 Å². The number of amides is 2. The number of nitrogens with one attached hydrogen (secondary N) is 1. The third kappa shape index (κ3) is 7.55. The van der Waals surface area contributed by atoms with Crippen molar-refractivity contribution in [2.45, 2.75) is 72.0 Å². The minimum Gasteiger partial charge on any atom is -0.352 e. The molecule has 0 aliphatic carbocycles. The summed E-state index contributed by atoms with van der Waals surface area (Å²) in [6, 6.07) is 13.0. The Balaban J connectivity index is 2.16. The lowest BCUT2D eigenvalue weighted by molar-refractivity contribution is -0.140. The molecule has 168 valence electrons. The van der Waals surface area contributed by atoms with Crippen molar-refractivity contribution >= 4 is 35.0 Å². The first-order valence-electron chi connectivity index (χ1n) is 10.7. The number of carbonyl (C=O) groups is 2. The molecule has 0 saturated heterocycles. The van der Waals surface area contributed by atoms with Crippen LogP contribution in [0.5, 0.6) is 0 Å². The topological polar surface area (TPSA) is 49.4 Å². The second-order valence-corrected chi connectivity index (χ2v) is 9.32. The maximum atomic E-state index is 13.2. The maximum absolute atomic E-state index is 13.2. The quantitative estimate of drug-likeness (QED) is 0.497. The molecule has 0 aromatic heterocycles. The predicted molar refractivity (Wildman–Crippen MR) is 129 cm³/mol. The molecule has 2 aromatic carbocycles. The van der Waals surface area contributed by atoms with Crippen molar-refractivity contribution in [1.82, 2.24) is 10.2 Å².